The van der Waals surface area contributed by atoms with Gasteiger partial charge >= 0.3 is 0 Å². The van der Waals surface area contributed by atoms with E-state index in [1.165, 1.54) is 0 Å². The molecule has 3 aromatic rings. The van der Waals surface area contributed by atoms with Crippen molar-refractivity contribution in [1.29, 1.82) is 0 Å². The molecular weight excluding hydrogens is 294 g/mol. The highest BCUT2D eigenvalue weighted by molar-refractivity contribution is 7.99. The van der Waals surface area contributed by atoms with Crippen molar-refractivity contribution < 1.29 is 0 Å². The first-order chi connectivity index (χ1) is 9.81. The summed E-state index contributed by atoms with van der Waals surface area (Å²) in [6.45, 7) is 0.773. The minimum atomic E-state index is 0.250. The highest BCUT2D eigenvalue weighted by Gasteiger charge is 2.02. The number of imidazole rings is 1. The van der Waals surface area contributed by atoms with Gasteiger partial charge in [-0.2, -0.15) is 0 Å². The number of benzene rings is 1. The zero-order valence-corrected chi connectivity index (χ0v) is 12.1. The van der Waals surface area contributed by atoms with Crippen LogP contribution in [0.4, 0.5) is 5.82 Å². The van der Waals surface area contributed by atoms with Crippen molar-refractivity contribution in [2.45, 2.75) is 5.16 Å². The van der Waals surface area contributed by atoms with Gasteiger partial charge in [0.25, 0.3) is 0 Å². The van der Waals surface area contributed by atoms with Crippen molar-refractivity contribution in [2.24, 2.45) is 0 Å². The van der Waals surface area contributed by atoms with Crippen LogP contribution < -0.4 is 5.32 Å². The lowest BCUT2D eigenvalue weighted by molar-refractivity contribution is 1.07. The SMILES string of the molecule is Clc1nccc(NCCSc2nc3ccccc3[nH]2)n1. The van der Waals surface area contributed by atoms with Crippen molar-refractivity contribution in [3.05, 3.63) is 41.8 Å². The Morgan fingerprint density at radius 2 is 2.10 bits per heavy atom. The largest absolute Gasteiger partial charge is 0.369 e. The van der Waals surface area contributed by atoms with E-state index in [0.717, 1.165) is 34.3 Å². The number of thioether (sulfide) groups is 1. The summed E-state index contributed by atoms with van der Waals surface area (Å²) >= 11 is 7.38. The Labute approximate surface area is 125 Å². The minimum Gasteiger partial charge on any atom is -0.369 e. The molecule has 0 atom stereocenters. The van der Waals surface area contributed by atoms with Gasteiger partial charge in [0.15, 0.2) is 5.16 Å². The summed E-state index contributed by atoms with van der Waals surface area (Å²) in [5.74, 6) is 1.61. The molecule has 0 saturated carbocycles. The maximum absolute atomic E-state index is 5.72. The summed E-state index contributed by atoms with van der Waals surface area (Å²) in [5, 5.41) is 4.37. The lowest BCUT2D eigenvalue weighted by Crippen LogP contribution is -2.06. The Balaban J connectivity index is 1.52. The standard InChI is InChI=1S/C13H12ClN5S/c14-12-16-6-5-11(19-12)15-7-8-20-13-17-9-3-1-2-4-10(9)18-13/h1-6H,7-8H2,(H,17,18)(H,15,16,19). The van der Waals surface area contributed by atoms with Crippen molar-refractivity contribution in [3.8, 4) is 0 Å². The average molecular weight is 306 g/mol. The number of nitrogens with zero attached hydrogens (tertiary/aromatic N) is 3. The molecule has 0 radical (unpaired) electrons. The highest BCUT2D eigenvalue weighted by Crippen LogP contribution is 2.18. The normalized spacial score (nSPS) is 10.8. The summed E-state index contributed by atoms with van der Waals surface area (Å²) in [6, 6.07) is 9.79. The lowest BCUT2D eigenvalue weighted by atomic mass is 10.3. The third kappa shape index (κ3) is 3.20. The molecule has 0 aliphatic carbocycles. The Bertz CT molecular complexity index is 682. The molecule has 2 aromatic heterocycles. The van der Waals surface area contributed by atoms with Gasteiger partial charge in [0.2, 0.25) is 5.28 Å². The fraction of sp³-hybridized carbons (Fsp3) is 0.154. The molecule has 2 heterocycles. The molecule has 20 heavy (non-hydrogen) atoms. The predicted molar refractivity (Wildman–Crippen MR) is 82.3 cm³/mol. The molecule has 5 nitrogen and oxygen atoms in total. The molecular formula is C13H12ClN5S. The molecule has 1 aromatic carbocycles. The van der Waals surface area contributed by atoms with Crippen LogP contribution in [0.1, 0.15) is 0 Å². The maximum Gasteiger partial charge on any atom is 0.224 e. The number of fused-ring (bicyclic) bond motifs is 1. The molecule has 3 rings (SSSR count). The molecule has 0 aliphatic heterocycles. The molecule has 7 heteroatoms. The van der Waals surface area contributed by atoms with E-state index in [9.17, 15) is 0 Å². The predicted octanol–water partition coefficient (Wildman–Crippen LogP) is 3.21. The van der Waals surface area contributed by atoms with Crippen LogP contribution in [0, 0.1) is 0 Å². The molecule has 0 fully saturated rings. The second-order valence-corrected chi connectivity index (χ2v) is 5.47. The van der Waals surface area contributed by atoms with E-state index >= 15 is 0 Å². The van der Waals surface area contributed by atoms with Crippen molar-refractivity contribution in [3.63, 3.8) is 0 Å². The number of para-hydroxylation sites is 2. The van der Waals surface area contributed by atoms with Gasteiger partial charge in [-0.25, -0.2) is 15.0 Å². The zero-order chi connectivity index (χ0) is 13.8. The van der Waals surface area contributed by atoms with Crippen LogP contribution in [0.15, 0.2) is 41.7 Å². The Morgan fingerprint density at radius 3 is 2.95 bits per heavy atom. The van der Waals surface area contributed by atoms with E-state index in [1.807, 2.05) is 24.3 Å². The van der Waals surface area contributed by atoms with Crippen LogP contribution >= 0.6 is 23.4 Å². The Hall–Kier alpha value is -1.79. The number of rotatable bonds is 5. The van der Waals surface area contributed by atoms with Gasteiger partial charge in [0.05, 0.1) is 11.0 Å². The molecule has 0 spiro atoms. The first-order valence-electron chi connectivity index (χ1n) is 6.11. The number of halogens is 1. The Morgan fingerprint density at radius 1 is 1.20 bits per heavy atom. The second-order valence-electron chi connectivity index (χ2n) is 4.05. The Kier molecular flexibility index (Phi) is 4.03. The van der Waals surface area contributed by atoms with Gasteiger partial charge in [-0.3, -0.25) is 0 Å². The van der Waals surface area contributed by atoms with Gasteiger partial charge in [0.1, 0.15) is 5.82 Å². The summed E-state index contributed by atoms with van der Waals surface area (Å²) in [7, 11) is 0. The summed E-state index contributed by atoms with van der Waals surface area (Å²) in [4.78, 5) is 15.7. The molecule has 0 aliphatic rings. The quantitative estimate of drug-likeness (QED) is 0.430. The van der Waals surface area contributed by atoms with Crippen LogP contribution in [-0.2, 0) is 0 Å². The molecule has 0 unspecified atom stereocenters. The van der Waals surface area contributed by atoms with Crippen molar-refractivity contribution in [1.82, 2.24) is 19.9 Å². The molecule has 2 N–H and O–H groups in total. The van der Waals surface area contributed by atoms with Gasteiger partial charge < -0.3 is 10.3 Å². The minimum absolute atomic E-state index is 0.250. The maximum atomic E-state index is 5.72. The topological polar surface area (TPSA) is 66.5 Å². The summed E-state index contributed by atoms with van der Waals surface area (Å²) < 4.78 is 0. The van der Waals surface area contributed by atoms with E-state index < -0.39 is 0 Å². The first-order valence-corrected chi connectivity index (χ1v) is 7.47. The number of nitrogens with one attached hydrogen (secondary N) is 2. The summed E-state index contributed by atoms with van der Waals surface area (Å²) in [5.41, 5.74) is 2.05. The van der Waals surface area contributed by atoms with Crippen molar-refractivity contribution in [2.75, 3.05) is 17.6 Å². The number of anilines is 1. The van der Waals surface area contributed by atoms with Crippen molar-refractivity contribution >= 4 is 40.2 Å². The van der Waals surface area contributed by atoms with Crippen LogP contribution in [0.3, 0.4) is 0 Å². The van der Waals surface area contributed by atoms with Crippen LogP contribution in [0.5, 0.6) is 0 Å². The average Bonchev–Trinajstić information content (AvgIpc) is 2.86. The molecule has 0 bridgehead atoms. The second kappa shape index (κ2) is 6.11. The lowest BCUT2D eigenvalue weighted by Gasteiger charge is -2.03. The number of aromatic nitrogens is 4. The number of H-pyrrole nitrogens is 1. The first kappa shape index (κ1) is 13.2. The van der Waals surface area contributed by atoms with Gasteiger partial charge in [-0.15, -0.1) is 0 Å². The molecule has 0 amide bonds. The van der Waals surface area contributed by atoms with E-state index in [-0.39, 0.29) is 5.28 Å². The van der Waals surface area contributed by atoms with Gasteiger partial charge in [-0.1, -0.05) is 23.9 Å². The van der Waals surface area contributed by atoms with E-state index in [4.69, 9.17) is 11.6 Å². The number of hydrogen-bond acceptors (Lipinski definition) is 5. The third-order valence-electron chi connectivity index (χ3n) is 2.64. The van der Waals surface area contributed by atoms with E-state index in [1.54, 1.807) is 24.0 Å². The molecule has 0 saturated heterocycles. The third-order valence-corrected chi connectivity index (χ3v) is 3.70. The van der Waals surface area contributed by atoms with E-state index in [0.29, 0.717) is 0 Å². The molecule has 102 valence electrons. The van der Waals surface area contributed by atoms with Gasteiger partial charge in [-0.05, 0) is 29.8 Å². The number of aromatic amines is 1. The fourth-order valence-electron chi connectivity index (χ4n) is 1.76. The van der Waals surface area contributed by atoms with Crippen LogP contribution in [-0.4, -0.2) is 32.2 Å². The monoisotopic (exact) mass is 305 g/mol. The zero-order valence-electron chi connectivity index (χ0n) is 10.5. The van der Waals surface area contributed by atoms with Gasteiger partial charge in [0, 0.05) is 18.5 Å². The fourth-order valence-corrected chi connectivity index (χ4v) is 2.65. The smallest absolute Gasteiger partial charge is 0.224 e. The van der Waals surface area contributed by atoms with Crippen LogP contribution in [0.2, 0.25) is 5.28 Å². The number of hydrogen-bond donors (Lipinski definition) is 2. The van der Waals surface area contributed by atoms with E-state index in [2.05, 4.69) is 25.3 Å². The van der Waals surface area contributed by atoms with Crippen LogP contribution in [0.25, 0.3) is 11.0 Å². The summed E-state index contributed by atoms with van der Waals surface area (Å²) in [6.07, 6.45) is 1.63. The highest BCUT2D eigenvalue weighted by atomic mass is 35.5.